The van der Waals surface area contributed by atoms with Crippen LogP contribution >= 0.6 is 0 Å². The number of hydrogen-bond donors (Lipinski definition) is 3. The van der Waals surface area contributed by atoms with E-state index in [1.165, 1.54) is 11.1 Å². The molecule has 0 radical (unpaired) electrons. The van der Waals surface area contributed by atoms with Crippen LogP contribution in [0, 0.1) is 13.8 Å². The second-order valence-corrected chi connectivity index (χ2v) is 6.71. The van der Waals surface area contributed by atoms with E-state index in [9.17, 15) is 9.90 Å². The first-order valence-electron chi connectivity index (χ1n) is 8.51. The third-order valence-electron chi connectivity index (χ3n) is 4.55. The van der Waals surface area contributed by atoms with Crippen LogP contribution in [0.3, 0.4) is 0 Å². The van der Waals surface area contributed by atoms with Gasteiger partial charge in [0.05, 0.1) is 17.6 Å². The molecule has 4 N–H and O–H groups in total. The summed E-state index contributed by atoms with van der Waals surface area (Å²) in [6.45, 7) is 5.72. The molecule has 2 heterocycles. The van der Waals surface area contributed by atoms with E-state index in [4.69, 9.17) is 5.73 Å². The van der Waals surface area contributed by atoms with E-state index in [1.807, 2.05) is 6.20 Å². The third-order valence-corrected chi connectivity index (χ3v) is 4.55. The number of aryl methyl sites for hydroxylation is 2. The monoisotopic (exact) mass is 340 g/mol. The van der Waals surface area contributed by atoms with Gasteiger partial charge in [0, 0.05) is 30.9 Å². The summed E-state index contributed by atoms with van der Waals surface area (Å²) in [5.74, 6) is 0. The Kier molecular flexibility index (Phi) is 4.90. The highest BCUT2D eigenvalue weighted by Gasteiger charge is 2.23. The molecule has 0 unspecified atom stereocenters. The van der Waals surface area contributed by atoms with E-state index >= 15 is 0 Å². The molecule has 1 fully saturated rings. The number of rotatable bonds is 3. The van der Waals surface area contributed by atoms with Gasteiger partial charge in [0.1, 0.15) is 0 Å². The largest absolute Gasteiger partial charge is 0.465 e. The van der Waals surface area contributed by atoms with Gasteiger partial charge in [-0.15, -0.1) is 0 Å². The summed E-state index contributed by atoms with van der Waals surface area (Å²) in [7, 11) is 0. The number of nitrogens with one attached hydrogen (secondary N) is 1. The summed E-state index contributed by atoms with van der Waals surface area (Å²) in [5, 5.41) is 11.7. The van der Waals surface area contributed by atoms with Gasteiger partial charge in [-0.2, -0.15) is 0 Å². The van der Waals surface area contributed by atoms with Crippen molar-refractivity contribution in [2.24, 2.45) is 5.73 Å². The van der Waals surface area contributed by atoms with Crippen molar-refractivity contribution in [1.29, 1.82) is 0 Å². The minimum Gasteiger partial charge on any atom is -0.465 e. The quantitative estimate of drug-likeness (QED) is 0.797. The Balaban J connectivity index is 2.12. The third kappa shape index (κ3) is 3.91. The molecule has 1 amide bonds. The number of carboxylic acid groups (broad SMARTS) is 1. The molecule has 0 atom stereocenters. The van der Waals surface area contributed by atoms with Gasteiger partial charge in [0.2, 0.25) is 0 Å². The van der Waals surface area contributed by atoms with Crippen molar-refractivity contribution in [1.82, 2.24) is 4.98 Å². The first-order valence-corrected chi connectivity index (χ1v) is 8.51. The van der Waals surface area contributed by atoms with Gasteiger partial charge in [-0.3, -0.25) is 10.3 Å². The standard InChI is InChI=1S/C19H24N4O2/c1-12-7-13(2)9-14(8-12)16-10-21-11-17(22-19(24)25)18(16)23-5-3-15(20)4-6-23/h7-11,15,22H,3-6,20H2,1-2H3,(H,24,25). The average molecular weight is 340 g/mol. The minimum absolute atomic E-state index is 0.207. The second-order valence-electron chi connectivity index (χ2n) is 6.71. The van der Waals surface area contributed by atoms with Gasteiger partial charge in [-0.1, -0.05) is 29.3 Å². The lowest BCUT2D eigenvalue weighted by molar-refractivity contribution is 0.209. The number of aromatic nitrogens is 1. The maximum atomic E-state index is 11.2. The molecule has 1 saturated heterocycles. The predicted octanol–water partition coefficient (Wildman–Crippen LogP) is 3.38. The highest BCUT2D eigenvalue weighted by molar-refractivity contribution is 5.94. The van der Waals surface area contributed by atoms with E-state index in [2.05, 4.69) is 47.2 Å². The Morgan fingerprint density at radius 1 is 1.20 bits per heavy atom. The Bertz CT molecular complexity index is 763. The summed E-state index contributed by atoms with van der Waals surface area (Å²) in [4.78, 5) is 17.7. The molecule has 6 heteroatoms. The van der Waals surface area contributed by atoms with Crippen molar-refractivity contribution < 1.29 is 9.90 Å². The average Bonchev–Trinajstić information content (AvgIpc) is 2.54. The molecule has 0 spiro atoms. The second kappa shape index (κ2) is 7.11. The number of piperidine rings is 1. The fraction of sp³-hybridized carbons (Fsp3) is 0.368. The molecule has 3 rings (SSSR count). The first-order chi connectivity index (χ1) is 11.9. The molecule has 0 saturated carbocycles. The van der Waals surface area contributed by atoms with E-state index in [1.54, 1.807) is 6.20 Å². The molecular weight excluding hydrogens is 316 g/mol. The number of pyridine rings is 1. The fourth-order valence-corrected chi connectivity index (χ4v) is 3.47. The minimum atomic E-state index is -1.09. The zero-order valence-corrected chi connectivity index (χ0v) is 14.6. The van der Waals surface area contributed by atoms with Crippen molar-refractivity contribution in [3.8, 4) is 11.1 Å². The van der Waals surface area contributed by atoms with Crippen LogP contribution in [-0.2, 0) is 0 Å². The fourth-order valence-electron chi connectivity index (χ4n) is 3.47. The highest BCUT2D eigenvalue weighted by atomic mass is 16.4. The maximum Gasteiger partial charge on any atom is 0.409 e. The van der Waals surface area contributed by atoms with Crippen LogP contribution < -0.4 is 16.0 Å². The van der Waals surface area contributed by atoms with Crippen LogP contribution in [0.5, 0.6) is 0 Å². The van der Waals surface area contributed by atoms with Gasteiger partial charge < -0.3 is 15.7 Å². The highest BCUT2D eigenvalue weighted by Crippen LogP contribution is 2.38. The van der Waals surface area contributed by atoms with Gasteiger partial charge in [-0.25, -0.2) is 4.79 Å². The Morgan fingerprint density at radius 3 is 2.44 bits per heavy atom. The Labute approximate surface area is 147 Å². The smallest absolute Gasteiger partial charge is 0.409 e. The van der Waals surface area contributed by atoms with Gasteiger partial charge in [0.15, 0.2) is 0 Å². The number of hydrogen-bond acceptors (Lipinski definition) is 4. The van der Waals surface area contributed by atoms with Crippen LogP contribution in [0.1, 0.15) is 24.0 Å². The number of anilines is 2. The summed E-state index contributed by atoms with van der Waals surface area (Å²) in [5.41, 5.74) is 11.7. The molecule has 1 aliphatic heterocycles. The zero-order valence-electron chi connectivity index (χ0n) is 14.6. The van der Waals surface area contributed by atoms with Crippen LogP contribution in [0.25, 0.3) is 11.1 Å². The normalized spacial score (nSPS) is 15.2. The maximum absolute atomic E-state index is 11.2. The van der Waals surface area contributed by atoms with Gasteiger partial charge in [0.25, 0.3) is 0 Å². The molecule has 0 aliphatic carbocycles. The molecule has 132 valence electrons. The van der Waals surface area contributed by atoms with Crippen molar-refractivity contribution in [3.05, 3.63) is 41.7 Å². The van der Waals surface area contributed by atoms with Crippen LogP contribution in [0.2, 0.25) is 0 Å². The van der Waals surface area contributed by atoms with E-state index < -0.39 is 6.09 Å². The lowest BCUT2D eigenvalue weighted by atomic mass is 9.98. The summed E-state index contributed by atoms with van der Waals surface area (Å²) in [6.07, 6.45) is 4.08. The zero-order chi connectivity index (χ0) is 18.0. The van der Waals surface area contributed by atoms with E-state index in [0.717, 1.165) is 42.7 Å². The molecule has 1 aromatic heterocycles. The summed E-state index contributed by atoms with van der Waals surface area (Å²) < 4.78 is 0. The number of nitrogens with zero attached hydrogens (tertiary/aromatic N) is 2. The van der Waals surface area contributed by atoms with Crippen LogP contribution in [0.4, 0.5) is 16.2 Å². The topological polar surface area (TPSA) is 91.5 Å². The molecular formula is C19H24N4O2. The van der Waals surface area contributed by atoms with Crippen molar-refractivity contribution >= 4 is 17.5 Å². The molecule has 0 bridgehead atoms. The van der Waals surface area contributed by atoms with Crippen LogP contribution in [0.15, 0.2) is 30.6 Å². The van der Waals surface area contributed by atoms with Crippen LogP contribution in [-0.4, -0.2) is 35.3 Å². The molecule has 25 heavy (non-hydrogen) atoms. The first kappa shape index (κ1) is 17.2. The van der Waals surface area contributed by atoms with Crippen molar-refractivity contribution in [2.75, 3.05) is 23.3 Å². The molecule has 1 aromatic carbocycles. The van der Waals surface area contributed by atoms with Crippen molar-refractivity contribution in [3.63, 3.8) is 0 Å². The number of carbonyl (C=O) groups is 1. The summed E-state index contributed by atoms with van der Waals surface area (Å²) >= 11 is 0. The van der Waals surface area contributed by atoms with Gasteiger partial charge >= 0.3 is 6.09 Å². The number of benzene rings is 1. The SMILES string of the molecule is Cc1cc(C)cc(-c2cncc(NC(=O)O)c2N2CCC(N)CC2)c1. The van der Waals surface area contributed by atoms with E-state index in [0.29, 0.717) is 5.69 Å². The Morgan fingerprint density at radius 2 is 1.84 bits per heavy atom. The molecule has 2 aromatic rings. The lowest BCUT2D eigenvalue weighted by Crippen LogP contribution is -2.40. The number of nitrogens with two attached hydrogens (primary N) is 1. The van der Waals surface area contributed by atoms with E-state index in [-0.39, 0.29) is 6.04 Å². The predicted molar refractivity (Wildman–Crippen MR) is 100 cm³/mol. The van der Waals surface area contributed by atoms with Gasteiger partial charge in [-0.05, 0) is 32.3 Å². The summed E-state index contributed by atoms with van der Waals surface area (Å²) in [6, 6.07) is 6.54. The lowest BCUT2D eigenvalue weighted by Gasteiger charge is -2.34. The van der Waals surface area contributed by atoms with Crippen molar-refractivity contribution in [2.45, 2.75) is 32.7 Å². The Hall–Kier alpha value is -2.60. The molecule has 6 nitrogen and oxygen atoms in total. The number of amides is 1. The molecule has 1 aliphatic rings.